The molecule has 13 heteroatoms. The standard InChI is InChI=1S/C26H32N6O7/c1-16-23(25(34)37-4)24(29-26(35)28-16)17-5-7-19(20(13-17)36-3)38-15-21(33)30-27-14-18-6-8-22(39-18)32-11-9-31(2)10-12-32/h5-8,13-14,24H,9-12,15H2,1-4H3,(H,30,33)(H2,28,29,35)/b27-14-/t24-/m0/s1. The fourth-order valence-corrected chi connectivity index (χ4v) is 4.26. The monoisotopic (exact) mass is 540 g/mol. The first-order chi connectivity index (χ1) is 18.8. The molecular formula is C26H32N6O7. The van der Waals surface area contributed by atoms with Gasteiger partial charge in [-0.05, 0) is 37.7 Å². The number of rotatable bonds is 9. The zero-order valence-corrected chi connectivity index (χ0v) is 22.3. The summed E-state index contributed by atoms with van der Waals surface area (Å²) >= 11 is 0. The number of likely N-dealkylation sites (N-methyl/N-ethyl adjacent to an activating group) is 1. The number of hydrogen-bond acceptors (Lipinski definition) is 10. The summed E-state index contributed by atoms with van der Waals surface area (Å²) in [5, 5.41) is 9.22. The quantitative estimate of drug-likeness (QED) is 0.244. The topological polar surface area (TPSA) is 147 Å². The van der Waals surface area contributed by atoms with E-state index in [1.165, 1.54) is 20.4 Å². The number of benzene rings is 1. The molecule has 0 saturated carbocycles. The highest BCUT2D eigenvalue weighted by Gasteiger charge is 2.32. The van der Waals surface area contributed by atoms with Crippen molar-refractivity contribution in [3.05, 3.63) is 52.9 Å². The SMILES string of the molecule is COC(=O)C1=C(C)NC(=O)N[C@H]1c1ccc(OCC(=O)N/N=C\c2ccc(N3CCN(C)CC3)o2)c(OC)c1. The Morgan fingerprint density at radius 3 is 2.64 bits per heavy atom. The lowest BCUT2D eigenvalue weighted by Gasteiger charge is -2.32. The first-order valence-corrected chi connectivity index (χ1v) is 12.3. The van der Waals surface area contributed by atoms with Crippen LogP contribution in [-0.4, -0.2) is 83.1 Å². The Kier molecular flexibility index (Phi) is 8.71. The maximum atomic E-state index is 12.3. The predicted molar refractivity (Wildman–Crippen MR) is 142 cm³/mol. The number of amides is 3. The Morgan fingerprint density at radius 2 is 1.92 bits per heavy atom. The summed E-state index contributed by atoms with van der Waals surface area (Å²) in [5.74, 6) is 0.826. The largest absolute Gasteiger partial charge is 0.493 e. The van der Waals surface area contributed by atoms with Gasteiger partial charge in [0.1, 0.15) is 5.76 Å². The Bertz CT molecular complexity index is 1280. The lowest BCUT2D eigenvalue weighted by molar-refractivity contribution is -0.136. The van der Waals surface area contributed by atoms with Crippen molar-refractivity contribution in [1.82, 2.24) is 21.0 Å². The van der Waals surface area contributed by atoms with Gasteiger partial charge in [-0.2, -0.15) is 5.10 Å². The number of carbonyl (C=O) groups excluding carboxylic acids is 3. The molecule has 13 nitrogen and oxygen atoms in total. The molecule has 0 unspecified atom stereocenters. The number of piperazine rings is 1. The van der Waals surface area contributed by atoms with E-state index in [9.17, 15) is 14.4 Å². The van der Waals surface area contributed by atoms with Crippen molar-refractivity contribution >= 4 is 30.0 Å². The molecule has 1 saturated heterocycles. The van der Waals surface area contributed by atoms with E-state index in [0.29, 0.717) is 28.5 Å². The fraction of sp³-hybridized carbons (Fsp3) is 0.385. The smallest absolute Gasteiger partial charge is 0.337 e. The molecule has 2 aliphatic heterocycles. The van der Waals surface area contributed by atoms with Gasteiger partial charge in [-0.1, -0.05) is 6.07 Å². The van der Waals surface area contributed by atoms with Crippen LogP contribution in [0.3, 0.4) is 0 Å². The second-order valence-corrected chi connectivity index (χ2v) is 9.02. The van der Waals surface area contributed by atoms with Crippen LogP contribution in [0.25, 0.3) is 0 Å². The number of anilines is 1. The van der Waals surface area contributed by atoms with Crippen molar-refractivity contribution in [2.75, 3.05) is 59.0 Å². The Hall–Kier alpha value is -4.52. The molecule has 208 valence electrons. The third-order valence-electron chi connectivity index (χ3n) is 6.36. The number of ether oxygens (including phenoxy) is 3. The van der Waals surface area contributed by atoms with E-state index in [0.717, 1.165) is 32.1 Å². The number of nitrogens with one attached hydrogen (secondary N) is 3. The zero-order chi connectivity index (χ0) is 27.9. The average Bonchev–Trinajstić information content (AvgIpc) is 3.40. The van der Waals surface area contributed by atoms with Gasteiger partial charge in [0.15, 0.2) is 24.0 Å². The second kappa shape index (κ2) is 12.3. The average molecular weight is 541 g/mol. The van der Waals surface area contributed by atoms with Gasteiger partial charge in [0, 0.05) is 37.9 Å². The van der Waals surface area contributed by atoms with E-state index in [2.05, 4.69) is 38.0 Å². The van der Waals surface area contributed by atoms with E-state index in [1.54, 1.807) is 31.2 Å². The molecule has 39 heavy (non-hydrogen) atoms. The highest BCUT2D eigenvalue weighted by Crippen LogP contribution is 2.34. The maximum absolute atomic E-state index is 12.3. The minimum absolute atomic E-state index is 0.261. The molecule has 0 spiro atoms. The normalized spacial score (nSPS) is 18.0. The number of urea groups is 1. The van der Waals surface area contributed by atoms with E-state index in [-0.39, 0.29) is 12.2 Å². The molecule has 4 rings (SSSR count). The zero-order valence-electron chi connectivity index (χ0n) is 22.3. The van der Waals surface area contributed by atoms with Gasteiger partial charge >= 0.3 is 12.0 Å². The summed E-state index contributed by atoms with van der Waals surface area (Å²) in [6, 6.07) is 7.33. The van der Waals surface area contributed by atoms with Crippen LogP contribution in [0.5, 0.6) is 11.5 Å². The van der Waals surface area contributed by atoms with Crippen LogP contribution in [0.2, 0.25) is 0 Å². The molecule has 2 aromatic rings. The molecule has 3 N–H and O–H groups in total. The molecule has 0 bridgehead atoms. The minimum Gasteiger partial charge on any atom is -0.493 e. The van der Waals surface area contributed by atoms with Crippen molar-refractivity contribution in [2.45, 2.75) is 13.0 Å². The highest BCUT2D eigenvalue weighted by molar-refractivity contribution is 5.95. The number of esters is 1. The number of hydrogen-bond donors (Lipinski definition) is 3. The Labute approximate surface area is 225 Å². The number of methoxy groups -OCH3 is 2. The van der Waals surface area contributed by atoms with Gasteiger partial charge in [0.25, 0.3) is 5.91 Å². The Morgan fingerprint density at radius 1 is 1.15 bits per heavy atom. The van der Waals surface area contributed by atoms with Gasteiger partial charge in [-0.3, -0.25) is 4.79 Å². The fourth-order valence-electron chi connectivity index (χ4n) is 4.26. The van der Waals surface area contributed by atoms with Gasteiger partial charge in [-0.25, -0.2) is 15.0 Å². The first kappa shape index (κ1) is 27.5. The molecule has 1 fully saturated rings. The van der Waals surface area contributed by atoms with Gasteiger partial charge in [0.05, 0.1) is 32.0 Å². The third-order valence-corrected chi connectivity index (χ3v) is 6.36. The molecule has 2 aliphatic rings. The summed E-state index contributed by atoms with van der Waals surface area (Å²) in [7, 11) is 4.80. The van der Waals surface area contributed by atoms with Crippen LogP contribution >= 0.6 is 0 Å². The van der Waals surface area contributed by atoms with Crippen molar-refractivity contribution in [3.63, 3.8) is 0 Å². The van der Waals surface area contributed by atoms with Crippen LogP contribution in [0.4, 0.5) is 10.7 Å². The van der Waals surface area contributed by atoms with Crippen molar-refractivity contribution in [1.29, 1.82) is 0 Å². The Balaban J connectivity index is 1.34. The summed E-state index contributed by atoms with van der Waals surface area (Å²) in [6.45, 7) is 4.99. The van der Waals surface area contributed by atoms with Crippen molar-refractivity contribution < 1.29 is 33.0 Å². The van der Waals surface area contributed by atoms with E-state index < -0.39 is 23.9 Å². The van der Waals surface area contributed by atoms with Crippen LogP contribution in [-0.2, 0) is 14.3 Å². The number of hydrazone groups is 1. The summed E-state index contributed by atoms with van der Waals surface area (Å²) in [5.41, 5.74) is 3.62. The van der Waals surface area contributed by atoms with Crippen molar-refractivity contribution in [2.24, 2.45) is 5.10 Å². The molecule has 0 radical (unpaired) electrons. The van der Waals surface area contributed by atoms with E-state index in [1.807, 2.05) is 6.07 Å². The maximum Gasteiger partial charge on any atom is 0.337 e. The van der Waals surface area contributed by atoms with Crippen molar-refractivity contribution in [3.8, 4) is 11.5 Å². The lowest BCUT2D eigenvalue weighted by Crippen LogP contribution is -2.45. The number of allylic oxidation sites excluding steroid dienone is 1. The third kappa shape index (κ3) is 6.68. The van der Waals surface area contributed by atoms with Gasteiger partial charge in [-0.15, -0.1) is 0 Å². The van der Waals surface area contributed by atoms with Crippen LogP contribution in [0, 0.1) is 0 Å². The first-order valence-electron chi connectivity index (χ1n) is 12.3. The van der Waals surface area contributed by atoms with E-state index >= 15 is 0 Å². The van der Waals surface area contributed by atoms with Crippen LogP contribution < -0.4 is 30.4 Å². The number of furan rings is 1. The number of nitrogens with zero attached hydrogens (tertiary/aromatic N) is 3. The summed E-state index contributed by atoms with van der Waals surface area (Å²) in [6.07, 6.45) is 1.43. The van der Waals surface area contributed by atoms with Crippen LogP contribution in [0.1, 0.15) is 24.3 Å². The molecule has 1 atom stereocenters. The molecule has 0 aliphatic carbocycles. The van der Waals surface area contributed by atoms with E-state index in [4.69, 9.17) is 18.6 Å². The lowest BCUT2D eigenvalue weighted by atomic mass is 9.95. The molecule has 1 aromatic heterocycles. The summed E-state index contributed by atoms with van der Waals surface area (Å²) < 4.78 is 21.7. The highest BCUT2D eigenvalue weighted by atomic mass is 16.5. The number of carbonyl (C=O) groups is 3. The minimum atomic E-state index is -0.759. The van der Waals surface area contributed by atoms with Crippen LogP contribution in [0.15, 0.2) is 51.1 Å². The predicted octanol–water partition coefficient (Wildman–Crippen LogP) is 1.37. The molecule has 3 heterocycles. The second-order valence-electron chi connectivity index (χ2n) is 9.02. The molecular weight excluding hydrogens is 508 g/mol. The molecule has 3 amide bonds. The summed E-state index contributed by atoms with van der Waals surface area (Å²) in [4.78, 5) is 41.1. The van der Waals surface area contributed by atoms with Gasteiger partial charge < -0.3 is 39.1 Å². The molecule has 1 aromatic carbocycles. The van der Waals surface area contributed by atoms with Gasteiger partial charge in [0.2, 0.25) is 0 Å².